The molecule has 1 aromatic heterocycles. The minimum Gasteiger partial charge on any atom is -0.382 e. The predicted octanol–water partition coefficient (Wildman–Crippen LogP) is 2.35. The van der Waals surface area contributed by atoms with Gasteiger partial charge < -0.3 is 5.11 Å². The molecule has 0 saturated heterocycles. The third kappa shape index (κ3) is 2.03. The van der Waals surface area contributed by atoms with Gasteiger partial charge in [-0.15, -0.1) is 0 Å². The Bertz CT molecular complexity index is 472. The molecule has 0 bridgehead atoms. The fourth-order valence-electron chi connectivity index (χ4n) is 1.37. The summed E-state index contributed by atoms with van der Waals surface area (Å²) in [6.07, 6.45) is 3.06. The molecule has 1 atom stereocenters. The lowest BCUT2D eigenvalue weighted by atomic mass is 10.1. The van der Waals surface area contributed by atoms with E-state index in [0.29, 0.717) is 0 Å². The van der Waals surface area contributed by atoms with Gasteiger partial charge in [-0.2, -0.15) is 0 Å². The summed E-state index contributed by atoms with van der Waals surface area (Å²) in [6, 6.07) is 4.23. The third-order valence-corrected chi connectivity index (χ3v) is 2.47. The van der Waals surface area contributed by atoms with E-state index in [2.05, 4.69) is 9.97 Å². The number of nitrogens with zero attached hydrogens (tertiary/aromatic N) is 2. The van der Waals surface area contributed by atoms with Gasteiger partial charge in [-0.1, -0.05) is 17.7 Å². The molecule has 0 spiro atoms. The van der Waals surface area contributed by atoms with Gasteiger partial charge in [0, 0.05) is 23.0 Å². The van der Waals surface area contributed by atoms with E-state index in [-0.39, 0.29) is 16.3 Å². The third-order valence-electron chi connectivity index (χ3n) is 2.14. The van der Waals surface area contributed by atoms with Crippen molar-refractivity contribution in [2.75, 3.05) is 0 Å². The van der Waals surface area contributed by atoms with Crippen LogP contribution in [0.3, 0.4) is 0 Å². The zero-order valence-corrected chi connectivity index (χ0v) is 8.89. The van der Waals surface area contributed by atoms with Crippen LogP contribution in [0.2, 0.25) is 5.02 Å². The van der Waals surface area contributed by atoms with Gasteiger partial charge in [0.15, 0.2) is 0 Å². The summed E-state index contributed by atoms with van der Waals surface area (Å²) in [4.78, 5) is 7.70. The highest BCUT2D eigenvalue weighted by Crippen LogP contribution is 2.28. The lowest BCUT2D eigenvalue weighted by Crippen LogP contribution is -2.05. The standard InChI is InChI=1S/C11H8ClFN2O/c12-7-2-1-3-8(13)10(7)11(16)9-6-14-4-5-15-9/h1-6,11,16H. The molecule has 2 aromatic rings. The summed E-state index contributed by atoms with van der Waals surface area (Å²) >= 11 is 5.83. The molecule has 3 nitrogen and oxygen atoms in total. The van der Waals surface area contributed by atoms with Crippen molar-refractivity contribution in [2.45, 2.75) is 6.10 Å². The zero-order chi connectivity index (χ0) is 11.5. The Kier molecular flexibility index (Phi) is 3.12. The largest absolute Gasteiger partial charge is 0.382 e. The second-order valence-corrected chi connectivity index (χ2v) is 3.58. The molecule has 82 valence electrons. The molecule has 16 heavy (non-hydrogen) atoms. The minimum absolute atomic E-state index is 0.0182. The first-order valence-corrected chi connectivity index (χ1v) is 4.96. The summed E-state index contributed by atoms with van der Waals surface area (Å²) in [5.41, 5.74) is 0.277. The highest BCUT2D eigenvalue weighted by Gasteiger charge is 2.19. The Morgan fingerprint density at radius 3 is 2.75 bits per heavy atom. The minimum atomic E-state index is -1.21. The number of rotatable bonds is 2. The van der Waals surface area contributed by atoms with E-state index in [9.17, 15) is 9.50 Å². The molecule has 0 saturated carbocycles. The second kappa shape index (κ2) is 4.55. The molecule has 2 rings (SSSR count). The van der Waals surface area contributed by atoms with Crippen LogP contribution in [0.4, 0.5) is 4.39 Å². The van der Waals surface area contributed by atoms with E-state index in [1.165, 1.54) is 36.8 Å². The van der Waals surface area contributed by atoms with Crippen molar-refractivity contribution >= 4 is 11.6 Å². The van der Waals surface area contributed by atoms with Crippen molar-refractivity contribution in [1.29, 1.82) is 0 Å². The lowest BCUT2D eigenvalue weighted by Gasteiger charge is -2.12. The van der Waals surface area contributed by atoms with Crippen LogP contribution in [0.15, 0.2) is 36.8 Å². The number of hydrogen-bond acceptors (Lipinski definition) is 3. The van der Waals surface area contributed by atoms with E-state index in [4.69, 9.17) is 11.6 Å². The Morgan fingerprint density at radius 2 is 2.12 bits per heavy atom. The van der Waals surface area contributed by atoms with E-state index < -0.39 is 11.9 Å². The van der Waals surface area contributed by atoms with Crippen LogP contribution in [0.1, 0.15) is 17.4 Å². The molecule has 1 aromatic carbocycles. The summed E-state index contributed by atoms with van der Waals surface area (Å²) in [6.45, 7) is 0. The van der Waals surface area contributed by atoms with Crippen LogP contribution < -0.4 is 0 Å². The topological polar surface area (TPSA) is 46.0 Å². The molecule has 1 N–H and O–H groups in total. The SMILES string of the molecule is OC(c1cnccn1)c1c(F)cccc1Cl. The van der Waals surface area contributed by atoms with Gasteiger partial charge in [-0.25, -0.2) is 4.39 Å². The Labute approximate surface area is 96.6 Å². The van der Waals surface area contributed by atoms with Gasteiger partial charge in [0.1, 0.15) is 11.9 Å². The smallest absolute Gasteiger partial charge is 0.130 e. The quantitative estimate of drug-likeness (QED) is 0.874. The maximum Gasteiger partial charge on any atom is 0.130 e. The van der Waals surface area contributed by atoms with Crippen molar-refractivity contribution in [3.8, 4) is 0 Å². The van der Waals surface area contributed by atoms with E-state index in [0.717, 1.165) is 0 Å². The second-order valence-electron chi connectivity index (χ2n) is 3.17. The monoisotopic (exact) mass is 238 g/mol. The number of hydrogen-bond donors (Lipinski definition) is 1. The molecule has 0 radical (unpaired) electrons. The van der Waals surface area contributed by atoms with Crippen LogP contribution >= 0.6 is 11.6 Å². The van der Waals surface area contributed by atoms with Crippen molar-refractivity contribution in [3.63, 3.8) is 0 Å². The molecule has 1 heterocycles. The number of aliphatic hydroxyl groups is 1. The number of benzene rings is 1. The van der Waals surface area contributed by atoms with E-state index >= 15 is 0 Å². The van der Waals surface area contributed by atoms with Crippen LogP contribution in [-0.4, -0.2) is 15.1 Å². The lowest BCUT2D eigenvalue weighted by molar-refractivity contribution is 0.209. The molecule has 0 aliphatic heterocycles. The molecule has 0 fully saturated rings. The average Bonchev–Trinajstić information content (AvgIpc) is 2.30. The molecule has 1 unspecified atom stereocenters. The molecule has 0 aliphatic rings. The van der Waals surface area contributed by atoms with Crippen molar-refractivity contribution in [3.05, 3.63) is 58.9 Å². The first kappa shape index (κ1) is 11.0. The number of aliphatic hydroxyl groups excluding tert-OH is 1. The highest BCUT2D eigenvalue weighted by molar-refractivity contribution is 6.31. The van der Waals surface area contributed by atoms with Crippen molar-refractivity contribution in [1.82, 2.24) is 9.97 Å². The fourth-order valence-corrected chi connectivity index (χ4v) is 1.64. The molecule has 0 amide bonds. The van der Waals surface area contributed by atoms with E-state index in [1.807, 2.05) is 0 Å². The van der Waals surface area contributed by atoms with Gasteiger partial charge in [0.25, 0.3) is 0 Å². The molecule has 0 aliphatic carbocycles. The fraction of sp³-hybridized carbons (Fsp3) is 0.0909. The van der Waals surface area contributed by atoms with Gasteiger partial charge in [0.05, 0.1) is 11.9 Å². The first-order chi connectivity index (χ1) is 7.70. The Hall–Kier alpha value is -1.52. The van der Waals surface area contributed by atoms with Gasteiger partial charge in [0.2, 0.25) is 0 Å². The molecular weight excluding hydrogens is 231 g/mol. The van der Waals surface area contributed by atoms with Crippen molar-refractivity contribution in [2.24, 2.45) is 0 Å². The normalized spacial score (nSPS) is 12.4. The van der Waals surface area contributed by atoms with Gasteiger partial charge in [-0.3, -0.25) is 9.97 Å². The van der Waals surface area contributed by atoms with Crippen LogP contribution in [-0.2, 0) is 0 Å². The highest BCUT2D eigenvalue weighted by atomic mass is 35.5. The summed E-state index contributed by atoms with van der Waals surface area (Å²) in [7, 11) is 0. The zero-order valence-electron chi connectivity index (χ0n) is 8.14. The maximum absolute atomic E-state index is 13.5. The van der Waals surface area contributed by atoms with Crippen molar-refractivity contribution < 1.29 is 9.50 Å². The number of aromatic nitrogens is 2. The Balaban J connectivity index is 2.46. The summed E-state index contributed by atoms with van der Waals surface area (Å²) in [5.74, 6) is -0.564. The molecular formula is C11H8ClFN2O. The van der Waals surface area contributed by atoms with E-state index in [1.54, 1.807) is 0 Å². The van der Waals surface area contributed by atoms with Gasteiger partial charge in [-0.05, 0) is 12.1 Å². The van der Waals surface area contributed by atoms with Crippen LogP contribution in [0, 0.1) is 5.82 Å². The number of halogens is 2. The Morgan fingerprint density at radius 1 is 1.31 bits per heavy atom. The molecule has 5 heteroatoms. The average molecular weight is 239 g/mol. The van der Waals surface area contributed by atoms with Gasteiger partial charge >= 0.3 is 0 Å². The summed E-state index contributed by atoms with van der Waals surface area (Å²) < 4.78 is 13.5. The van der Waals surface area contributed by atoms with Crippen LogP contribution in [0.5, 0.6) is 0 Å². The first-order valence-electron chi connectivity index (χ1n) is 4.58. The predicted molar refractivity (Wildman–Crippen MR) is 57.5 cm³/mol. The summed E-state index contributed by atoms with van der Waals surface area (Å²) in [5, 5.41) is 10.1. The maximum atomic E-state index is 13.5. The van der Waals surface area contributed by atoms with Crippen LogP contribution in [0.25, 0.3) is 0 Å².